The van der Waals surface area contributed by atoms with Crippen molar-refractivity contribution in [2.75, 3.05) is 22.1 Å². The van der Waals surface area contributed by atoms with Gasteiger partial charge in [-0.15, -0.1) is 0 Å². The molecule has 0 radical (unpaired) electrons. The number of hydrogen-bond acceptors (Lipinski definition) is 6. The van der Waals surface area contributed by atoms with Gasteiger partial charge in [0.15, 0.2) is 11.7 Å². The van der Waals surface area contributed by atoms with E-state index in [0.717, 1.165) is 4.70 Å². The van der Waals surface area contributed by atoms with Gasteiger partial charge in [0.25, 0.3) is 11.8 Å². The van der Waals surface area contributed by atoms with Crippen LogP contribution in [-0.4, -0.2) is 35.4 Å². The van der Waals surface area contributed by atoms with Crippen molar-refractivity contribution >= 4 is 55.8 Å². The summed E-state index contributed by atoms with van der Waals surface area (Å²) in [6.07, 6.45) is 0. The van der Waals surface area contributed by atoms with Crippen LogP contribution in [-0.2, 0) is 9.59 Å². The highest BCUT2D eigenvalue weighted by atomic mass is 32.1. The van der Waals surface area contributed by atoms with Crippen LogP contribution in [0.5, 0.6) is 5.75 Å². The fourth-order valence-corrected chi connectivity index (χ4v) is 4.63. The number of hydrogen-bond donors (Lipinski definition) is 2. The summed E-state index contributed by atoms with van der Waals surface area (Å²) in [5, 5.41) is 6.15. The number of benzene rings is 3. The van der Waals surface area contributed by atoms with E-state index >= 15 is 0 Å². The third-order valence-corrected chi connectivity index (χ3v) is 6.36. The minimum absolute atomic E-state index is 0.112. The van der Waals surface area contributed by atoms with Gasteiger partial charge < -0.3 is 10.1 Å². The van der Waals surface area contributed by atoms with Gasteiger partial charge in [0.2, 0.25) is 5.91 Å². The fraction of sp³-hybridized carbons (Fsp3) is 0.120. The molecule has 1 aliphatic rings. The van der Waals surface area contributed by atoms with Gasteiger partial charge in [-0.3, -0.25) is 24.6 Å². The zero-order valence-corrected chi connectivity index (χ0v) is 19.0. The number of para-hydroxylation sites is 2. The normalized spacial score (nSPS) is 13.7. The van der Waals surface area contributed by atoms with Crippen molar-refractivity contribution in [3.05, 3.63) is 78.4 Å². The molecule has 5 rings (SSSR count). The van der Waals surface area contributed by atoms with Crippen LogP contribution in [0.3, 0.4) is 0 Å². The zero-order chi connectivity index (χ0) is 23.7. The molecule has 0 aliphatic carbocycles. The van der Waals surface area contributed by atoms with Crippen LogP contribution in [0.4, 0.5) is 16.5 Å². The number of nitrogens with zero attached hydrogens (tertiary/aromatic N) is 2. The first kappa shape index (κ1) is 21.6. The van der Waals surface area contributed by atoms with E-state index < -0.39 is 6.04 Å². The number of anilines is 3. The molecule has 8 nitrogen and oxygen atoms in total. The van der Waals surface area contributed by atoms with Gasteiger partial charge in [-0.2, -0.15) is 0 Å². The van der Waals surface area contributed by atoms with Crippen molar-refractivity contribution in [1.82, 2.24) is 4.98 Å². The van der Waals surface area contributed by atoms with E-state index in [1.54, 1.807) is 67.6 Å². The molecule has 0 spiro atoms. The number of carbonyl (C=O) groups is 3. The smallest absolute Gasteiger partial charge is 0.265 e. The van der Waals surface area contributed by atoms with Crippen LogP contribution in [0.25, 0.3) is 10.2 Å². The Morgan fingerprint density at radius 3 is 2.62 bits per heavy atom. The van der Waals surface area contributed by atoms with E-state index in [1.165, 1.54) is 16.2 Å². The summed E-state index contributed by atoms with van der Waals surface area (Å²) in [6.45, 7) is 1.57. The third kappa shape index (κ3) is 4.20. The molecule has 3 aromatic carbocycles. The molecule has 2 heterocycles. The summed E-state index contributed by atoms with van der Waals surface area (Å²) in [4.78, 5) is 43.8. The molecule has 0 saturated heterocycles. The van der Waals surface area contributed by atoms with Crippen molar-refractivity contribution in [2.45, 2.75) is 13.0 Å². The Bertz CT molecular complexity index is 1400. The predicted octanol–water partition coefficient (Wildman–Crippen LogP) is 4.30. The molecule has 0 fully saturated rings. The highest BCUT2D eigenvalue weighted by Gasteiger charge is 2.32. The van der Waals surface area contributed by atoms with Crippen LogP contribution < -0.4 is 20.3 Å². The number of aromatic nitrogens is 1. The number of thiazole rings is 1. The molecule has 0 saturated carbocycles. The lowest BCUT2D eigenvalue weighted by atomic mass is 10.1. The molecule has 1 aliphatic heterocycles. The van der Waals surface area contributed by atoms with Gasteiger partial charge in [-0.05, 0) is 49.4 Å². The summed E-state index contributed by atoms with van der Waals surface area (Å²) in [5.41, 5.74) is 2.39. The largest absolute Gasteiger partial charge is 0.482 e. The Morgan fingerprint density at radius 2 is 1.79 bits per heavy atom. The van der Waals surface area contributed by atoms with Crippen LogP contribution in [0.1, 0.15) is 17.3 Å². The van der Waals surface area contributed by atoms with Crippen LogP contribution in [0.2, 0.25) is 0 Å². The molecule has 2 N–H and O–H groups in total. The second-order valence-corrected chi connectivity index (χ2v) is 8.74. The van der Waals surface area contributed by atoms with Crippen molar-refractivity contribution in [2.24, 2.45) is 0 Å². The van der Waals surface area contributed by atoms with Crippen LogP contribution >= 0.6 is 11.3 Å². The van der Waals surface area contributed by atoms with Crippen molar-refractivity contribution in [3.8, 4) is 5.75 Å². The monoisotopic (exact) mass is 472 g/mol. The van der Waals surface area contributed by atoms with Gasteiger partial charge >= 0.3 is 0 Å². The number of amides is 3. The fourth-order valence-electron chi connectivity index (χ4n) is 3.72. The number of rotatable bonds is 5. The molecule has 1 atom stereocenters. The maximum absolute atomic E-state index is 13.0. The van der Waals surface area contributed by atoms with Gasteiger partial charge in [-0.1, -0.05) is 41.7 Å². The Kier molecular flexibility index (Phi) is 5.69. The van der Waals surface area contributed by atoms with Crippen LogP contribution in [0, 0.1) is 0 Å². The zero-order valence-electron chi connectivity index (χ0n) is 18.1. The predicted molar refractivity (Wildman–Crippen MR) is 132 cm³/mol. The summed E-state index contributed by atoms with van der Waals surface area (Å²) >= 11 is 1.31. The van der Waals surface area contributed by atoms with Gasteiger partial charge in [-0.25, -0.2) is 4.98 Å². The topological polar surface area (TPSA) is 101 Å². The second-order valence-electron chi connectivity index (χ2n) is 7.71. The lowest BCUT2D eigenvalue weighted by Gasteiger charge is -2.33. The van der Waals surface area contributed by atoms with E-state index in [4.69, 9.17) is 4.74 Å². The van der Waals surface area contributed by atoms with E-state index in [9.17, 15) is 14.4 Å². The van der Waals surface area contributed by atoms with Crippen molar-refractivity contribution in [3.63, 3.8) is 0 Å². The van der Waals surface area contributed by atoms with E-state index in [0.29, 0.717) is 33.3 Å². The van der Waals surface area contributed by atoms with Gasteiger partial charge in [0, 0.05) is 11.3 Å². The summed E-state index contributed by atoms with van der Waals surface area (Å²) < 4.78 is 6.27. The molecule has 4 aromatic rings. The SMILES string of the molecule is C[C@@H](C(=O)Nc1ccc2nc(NC(=O)c3ccccc3)sc2c1)N1C(=O)COc2ccccc21. The highest BCUT2D eigenvalue weighted by Crippen LogP contribution is 2.33. The molecule has 34 heavy (non-hydrogen) atoms. The minimum Gasteiger partial charge on any atom is -0.482 e. The lowest BCUT2D eigenvalue weighted by molar-refractivity contribution is -0.125. The molecule has 0 bridgehead atoms. The summed E-state index contributed by atoms with van der Waals surface area (Å²) in [7, 11) is 0. The standard InChI is InChI=1S/C25H20N4O4S/c1-15(29-19-9-5-6-10-20(19)33-14-22(29)30)23(31)26-17-11-12-18-21(13-17)34-25(27-18)28-24(32)16-7-3-2-4-8-16/h2-13,15H,14H2,1H3,(H,26,31)(H,27,28,32)/t15-/m0/s1. The average molecular weight is 473 g/mol. The first-order valence-electron chi connectivity index (χ1n) is 10.6. The number of fused-ring (bicyclic) bond motifs is 2. The number of nitrogens with one attached hydrogen (secondary N) is 2. The molecule has 9 heteroatoms. The first-order chi connectivity index (χ1) is 16.5. The van der Waals surface area contributed by atoms with Crippen molar-refractivity contribution < 1.29 is 19.1 Å². The summed E-state index contributed by atoms with van der Waals surface area (Å²) in [6, 6.07) is 20.6. The maximum Gasteiger partial charge on any atom is 0.265 e. The molecule has 170 valence electrons. The van der Waals surface area contributed by atoms with E-state index in [2.05, 4.69) is 15.6 Å². The average Bonchev–Trinajstić information content (AvgIpc) is 3.25. The van der Waals surface area contributed by atoms with Crippen molar-refractivity contribution in [1.29, 1.82) is 0 Å². The quantitative estimate of drug-likeness (QED) is 0.451. The van der Waals surface area contributed by atoms with Gasteiger partial charge in [0.05, 0.1) is 15.9 Å². The Morgan fingerprint density at radius 1 is 1.03 bits per heavy atom. The third-order valence-electron chi connectivity index (χ3n) is 5.42. The molecule has 1 aromatic heterocycles. The molecular weight excluding hydrogens is 452 g/mol. The minimum atomic E-state index is -0.740. The summed E-state index contributed by atoms with van der Waals surface area (Å²) in [5.74, 6) is -0.278. The number of ether oxygens (including phenoxy) is 1. The molecule has 0 unspecified atom stereocenters. The van der Waals surface area contributed by atoms with Gasteiger partial charge in [0.1, 0.15) is 11.8 Å². The van der Waals surface area contributed by atoms with E-state index in [-0.39, 0.29) is 24.3 Å². The Labute approximate surface area is 199 Å². The Balaban J connectivity index is 1.31. The van der Waals surface area contributed by atoms with E-state index in [1.807, 2.05) is 12.1 Å². The lowest BCUT2D eigenvalue weighted by Crippen LogP contribution is -2.49. The molecule has 3 amide bonds. The maximum atomic E-state index is 13.0. The Hall–Kier alpha value is -4.24. The van der Waals surface area contributed by atoms with Crippen LogP contribution in [0.15, 0.2) is 72.8 Å². The number of carbonyl (C=O) groups excluding carboxylic acids is 3. The highest BCUT2D eigenvalue weighted by molar-refractivity contribution is 7.22. The second kappa shape index (κ2) is 8.95. The molecular formula is C25H20N4O4S. The first-order valence-corrected chi connectivity index (χ1v) is 11.4.